The Morgan fingerprint density at radius 1 is 1.10 bits per heavy atom. The molecule has 158 valence electrons. The molecule has 3 rings (SSSR count). The van der Waals surface area contributed by atoms with Gasteiger partial charge in [0.2, 0.25) is 0 Å². The summed E-state index contributed by atoms with van der Waals surface area (Å²) >= 11 is 1.24. The van der Waals surface area contributed by atoms with Crippen LogP contribution in [0.4, 0.5) is 18.9 Å². The first-order valence-electron chi connectivity index (χ1n) is 8.46. The van der Waals surface area contributed by atoms with Crippen LogP contribution >= 0.6 is 11.3 Å². The highest BCUT2D eigenvalue weighted by atomic mass is 32.1. The zero-order valence-electron chi connectivity index (χ0n) is 15.1. The molecule has 11 heteroatoms. The minimum absolute atomic E-state index is 0.0557. The third-order valence-electron chi connectivity index (χ3n) is 3.74. The monoisotopic (exact) mass is 440 g/mol. The van der Waals surface area contributed by atoms with E-state index in [2.05, 4.69) is 15.4 Å². The van der Waals surface area contributed by atoms with Crippen LogP contribution in [0.3, 0.4) is 0 Å². The van der Waals surface area contributed by atoms with Gasteiger partial charge in [0.1, 0.15) is 17.6 Å². The van der Waals surface area contributed by atoms with Crippen LogP contribution in [-0.4, -0.2) is 23.3 Å². The van der Waals surface area contributed by atoms with Crippen LogP contribution < -0.4 is 15.4 Å². The second kappa shape index (κ2) is 9.01. The minimum atomic E-state index is -4.82. The SMILES string of the molecule is O=C(NCc1ccc(C(O)c2ccco2)s1)C(=O)Nc1ccc(OC(F)(F)F)cc1. The number of alkyl halides is 3. The number of halogens is 3. The van der Waals surface area contributed by atoms with Gasteiger partial charge >= 0.3 is 18.2 Å². The first-order chi connectivity index (χ1) is 14.2. The van der Waals surface area contributed by atoms with E-state index in [0.29, 0.717) is 15.5 Å². The van der Waals surface area contributed by atoms with E-state index in [4.69, 9.17) is 4.42 Å². The van der Waals surface area contributed by atoms with E-state index in [1.165, 1.54) is 29.7 Å². The molecule has 30 heavy (non-hydrogen) atoms. The van der Waals surface area contributed by atoms with E-state index < -0.39 is 30.0 Å². The number of carbonyl (C=O) groups excluding carboxylic acids is 2. The van der Waals surface area contributed by atoms with Crippen LogP contribution in [0.15, 0.2) is 59.2 Å². The third-order valence-corrected chi connectivity index (χ3v) is 4.88. The van der Waals surface area contributed by atoms with Crippen LogP contribution in [0, 0.1) is 0 Å². The Morgan fingerprint density at radius 2 is 1.83 bits per heavy atom. The number of aliphatic hydroxyl groups is 1. The Bertz CT molecular complexity index is 1000. The van der Waals surface area contributed by atoms with E-state index in [1.54, 1.807) is 24.3 Å². The van der Waals surface area contributed by atoms with Crippen molar-refractivity contribution in [1.29, 1.82) is 0 Å². The Labute approximate surface area is 172 Å². The molecule has 3 aromatic rings. The highest BCUT2D eigenvalue weighted by molar-refractivity contribution is 7.12. The van der Waals surface area contributed by atoms with Crippen LogP contribution in [0.5, 0.6) is 5.75 Å². The molecule has 2 aromatic heterocycles. The molecule has 3 N–H and O–H groups in total. The molecule has 7 nitrogen and oxygen atoms in total. The number of nitrogens with one attached hydrogen (secondary N) is 2. The summed E-state index contributed by atoms with van der Waals surface area (Å²) < 4.78 is 45.3. The lowest BCUT2D eigenvalue weighted by molar-refractivity contribution is -0.274. The van der Waals surface area contributed by atoms with Crippen molar-refractivity contribution in [2.75, 3.05) is 5.32 Å². The van der Waals surface area contributed by atoms with Crippen molar-refractivity contribution >= 4 is 28.8 Å². The van der Waals surface area contributed by atoms with E-state index >= 15 is 0 Å². The summed E-state index contributed by atoms with van der Waals surface area (Å²) in [5.41, 5.74) is 0.129. The van der Waals surface area contributed by atoms with Gasteiger partial charge in [-0.25, -0.2) is 0 Å². The van der Waals surface area contributed by atoms with Gasteiger partial charge in [0.15, 0.2) is 0 Å². The summed E-state index contributed by atoms with van der Waals surface area (Å²) in [4.78, 5) is 25.2. The maximum absolute atomic E-state index is 12.1. The zero-order valence-corrected chi connectivity index (χ0v) is 15.9. The summed E-state index contributed by atoms with van der Waals surface area (Å²) in [5, 5.41) is 14.9. The maximum Gasteiger partial charge on any atom is 0.573 e. The summed E-state index contributed by atoms with van der Waals surface area (Å²) in [6.07, 6.45) is -4.30. The van der Waals surface area contributed by atoms with Gasteiger partial charge in [0.05, 0.1) is 12.8 Å². The molecule has 0 bridgehead atoms. The van der Waals surface area contributed by atoms with Crippen LogP contribution in [0.25, 0.3) is 0 Å². The van der Waals surface area contributed by atoms with E-state index in [0.717, 1.165) is 12.1 Å². The molecule has 0 spiro atoms. The number of amides is 2. The fraction of sp³-hybridized carbons (Fsp3) is 0.158. The first-order valence-corrected chi connectivity index (χ1v) is 9.28. The highest BCUT2D eigenvalue weighted by Gasteiger charge is 2.31. The Morgan fingerprint density at radius 3 is 2.47 bits per heavy atom. The number of rotatable bonds is 6. The second-order valence-corrected chi connectivity index (χ2v) is 7.13. The van der Waals surface area contributed by atoms with Crippen LogP contribution in [0.2, 0.25) is 0 Å². The predicted octanol–water partition coefficient (Wildman–Crippen LogP) is 3.58. The van der Waals surface area contributed by atoms with Gasteiger partial charge in [-0.15, -0.1) is 24.5 Å². The molecule has 0 saturated heterocycles. The smallest absolute Gasteiger partial charge is 0.466 e. The zero-order chi connectivity index (χ0) is 21.7. The summed E-state index contributed by atoms with van der Waals surface area (Å²) in [7, 11) is 0. The molecule has 1 unspecified atom stereocenters. The standard InChI is InChI=1S/C19H15F3N2O5S/c20-19(21,22)29-12-5-3-11(4-6-12)24-18(27)17(26)23-10-13-7-8-15(30-13)16(25)14-2-1-9-28-14/h1-9,16,25H,10H2,(H,23,26)(H,24,27). The van der Waals surface area contributed by atoms with Crippen LogP contribution in [-0.2, 0) is 16.1 Å². The predicted molar refractivity (Wildman–Crippen MR) is 101 cm³/mol. The van der Waals surface area contributed by atoms with Crippen molar-refractivity contribution in [3.8, 4) is 5.75 Å². The number of anilines is 1. The summed E-state index contributed by atoms with van der Waals surface area (Å²) in [6, 6.07) is 11.0. The lowest BCUT2D eigenvalue weighted by Crippen LogP contribution is -2.34. The van der Waals surface area contributed by atoms with Crippen molar-refractivity contribution in [1.82, 2.24) is 5.32 Å². The molecule has 1 aromatic carbocycles. The molecular formula is C19H15F3N2O5S. The van der Waals surface area contributed by atoms with Gasteiger partial charge in [-0.2, -0.15) is 0 Å². The number of hydrogen-bond donors (Lipinski definition) is 3. The molecule has 0 aliphatic rings. The normalized spacial score (nSPS) is 12.3. The van der Waals surface area contributed by atoms with Crippen LogP contribution in [0.1, 0.15) is 21.6 Å². The quantitative estimate of drug-likeness (QED) is 0.509. The third kappa shape index (κ3) is 5.84. The number of aliphatic hydroxyl groups excluding tert-OH is 1. The number of furan rings is 1. The van der Waals surface area contributed by atoms with Gasteiger partial charge in [-0.1, -0.05) is 0 Å². The lowest BCUT2D eigenvalue weighted by atomic mass is 10.2. The van der Waals surface area contributed by atoms with E-state index in [1.807, 2.05) is 0 Å². The Balaban J connectivity index is 1.50. The maximum atomic E-state index is 12.1. The molecular weight excluding hydrogens is 425 g/mol. The van der Waals surface area contributed by atoms with Gasteiger partial charge in [0.25, 0.3) is 0 Å². The fourth-order valence-electron chi connectivity index (χ4n) is 2.40. The number of ether oxygens (including phenoxy) is 1. The van der Waals surface area contributed by atoms with Crippen molar-refractivity contribution in [2.45, 2.75) is 19.0 Å². The minimum Gasteiger partial charge on any atom is -0.466 e. The van der Waals surface area contributed by atoms with Gasteiger partial charge < -0.3 is 24.9 Å². The van der Waals surface area contributed by atoms with Crippen molar-refractivity contribution in [3.63, 3.8) is 0 Å². The molecule has 0 aliphatic heterocycles. The van der Waals surface area contributed by atoms with E-state index in [-0.39, 0.29) is 12.2 Å². The summed E-state index contributed by atoms with van der Waals surface area (Å²) in [6.45, 7) is 0.0557. The first kappa shape index (κ1) is 21.4. The van der Waals surface area contributed by atoms with Crippen molar-refractivity contribution in [2.24, 2.45) is 0 Å². The average Bonchev–Trinajstić information content (AvgIpc) is 3.38. The lowest BCUT2D eigenvalue weighted by Gasteiger charge is -2.10. The second-order valence-electron chi connectivity index (χ2n) is 5.93. The molecule has 2 amide bonds. The topological polar surface area (TPSA) is 101 Å². The molecule has 1 atom stereocenters. The van der Waals surface area contributed by atoms with Gasteiger partial charge in [-0.05, 0) is 48.5 Å². The number of carbonyl (C=O) groups is 2. The summed E-state index contributed by atoms with van der Waals surface area (Å²) in [5.74, 6) is -1.97. The number of hydrogen-bond acceptors (Lipinski definition) is 6. The highest BCUT2D eigenvalue weighted by Crippen LogP contribution is 2.28. The Kier molecular flexibility index (Phi) is 6.43. The fourth-order valence-corrected chi connectivity index (χ4v) is 3.35. The molecule has 0 fully saturated rings. The number of benzene rings is 1. The molecule has 0 saturated carbocycles. The Hall–Kier alpha value is -3.31. The molecule has 0 radical (unpaired) electrons. The van der Waals surface area contributed by atoms with Gasteiger partial charge in [0, 0.05) is 15.4 Å². The van der Waals surface area contributed by atoms with E-state index in [9.17, 15) is 27.9 Å². The molecule has 2 heterocycles. The van der Waals surface area contributed by atoms with Crippen molar-refractivity contribution in [3.05, 3.63) is 70.3 Å². The largest absolute Gasteiger partial charge is 0.573 e. The number of thiophene rings is 1. The van der Waals surface area contributed by atoms with Gasteiger partial charge in [-0.3, -0.25) is 9.59 Å². The molecule has 0 aliphatic carbocycles. The van der Waals surface area contributed by atoms with Crippen molar-refractivity contribution < 1.29 is 37.0 Å². The average molecular weight is 440 g/mol.